The molecule has 0 aliphatic rings. The molecule has 0 amide bonds. The average Bonchev–Trinajstić information content (AvgIpc) is 2.19. The van der Waals surface area contributed by atoms with E-state index in [1.54, 1.807) is 19.1 Å². The van der Waals surface area contributed by atoms with Crippen molar-refractivity contribution in [3.05, 3.63) is 35.9 Å². The van der Waals surface area contributed by atoms with Gasteiger partial charge in [0.1, 0.15) is 6.10 Å². The third-order valence-corrected chi connectivity index (χ3v) is 2.05. The molecular weight excluding hydrogens is 178 g/mol. The first-order chi connectivity index (χ1) is 6.66. The summed E-state index contributed by atoms with van der Waals surface area (Å²) < 4.78 is 5.05. The molecule has 2 atom stereocenters. The lowest BCUT2D eigenvalue weighted by atomic mass is 10.0. The largest absolute Gasteiger partial charge is 0.372 e. The van der Waals surface area contributed by atoms with E-state index in [-0.39, 0.29) is 11.8 Å². The number of hydrogen-bond donors (Lipinski definition) is 1. The molecule has 1 aromatic carbocycles. The fourth-order valence-electron chi connectivity index (χ4n) is 1.33. The second-order valence-corrected chi connectivity index (χ2v) is 3.25. The molecule has 2 unspecified atom stereocenters. The summed E-state index contributed by atoms with van der Waals surface area (Å²) in [5.41, 5.74) is 6.28. The Morgan fingerprint density at radius 2 is 1.93 bits per heavy atom. The van der Waals surface area contributed by atoms with Gasteiger partial charge in [0.05, 0.1) is 0 Å². The van der Waals surface area contributed by atoms with E-state index in [0.29, 0.717) is 5.56 Å². The maximum Gasteiger partial charge on any atom is 0.193 e. The van der Waals surface area contributed by atoms with Crippen LogP contribution in [0.4, 0.5) is 0 Å². The molecule has 0 heterocycles. The van der Waals surface area contributed by atoms with Crippen LogP contribution in [0.15, 0.2) is 30.3 Å². The van der Waals surface area contributed by atoms with Gasteiger partial charge >= 0.3 is 0 Å². The van der Waals surface area contributed by atoms with Gasteiger partial charge in [0, 0.05) is 18.7 Å². The van der Waals surface area contributed by atoms with Gasteiger partial charge in [-0.3, -0.25) is 4.79 Å². The van der Waals surface area contributed by atoms with Gasteiger partial charge in [0.15, 0.2) is 5.78 Å². The van der Waals surface area contributed by atoms with Crippen LogP contribution in [0.2, 0.25) is 0 Å². The van der Waals surface area contributed by atoms with Crippen LogP contribution in [0.25, 0.3) is 0 Å². The molecule has 3 heteroatoms. The predicted molar refractivity (Wildman–Crippen MR) is 55.2 cm³/mol. The summed E-state index contributed by atoms with van der Waals surface area (Å²) in [6.45, 7) is 1.76. The third-order valence-electron chi connectivity index (χ3n) is 2.05. The van der Waals surface area contributed by atoms with Crippen molar-refractivity contribution in [3.63, 3.8) is 0 Å². The molecule has 0 saturated heterocycles. The Balaban J connectivity index is 2.84. The molecule has 0 saturated carbocycles. The smallest absolute Gasteiger partial charge is 0.193 e. The standard InChI is InChI=1S/C11H15NO2/c1-8(12)11(14-2)10(13)9-6-4-3-5-7-9/h3-8,11H,12H2,1-2H3. The molecule has 0 bridgehead atoms. The van der Waals surface area contributed by atoms with Crippen LogP contribution in [-0.4, -0.2) is 25.0 Å². The van der Waals surface area contributed by atoms with E-state index < -0.39 is 6.10 Å². The SMILES string of the molecule is COC(C(=O)c1ccccc1)C(C)N. The number of carbonyl (C=O) groups excluding carboxylic acids is 1. The second-order valence-electron chi connectivity index (χ2n) is 3.25. The van der Waals surface area contributed by atoms with Gasteiger partial charge in [-0.2, -0.15) is 0 Å². The zero-order valence-corrected chi connectivity index (χ0v) is 8.44. The molecule has 1 aromatic rings. The lowest BCUT2D eigenvalue weighted by Crippen LogP contribution is -2.39. The van der Waals surface area contributed by atoms with Crippen LogP contribution in [0.3, 0.4) is 0 Å². The van der Waals surface area contributed by atoms with E-state index in [9.17, 15) is 4.79 Å². The van der Waals surface area contributed by atoms with Gasteiger partial charge in [0.25, 0.3) is 0 Å². The first-order valence-electron chi connectivity index (χ1n) is 4.54. The van der Waals surface area contributed by atoms with Gasteiger partial charge in [0.2, 0.25) is 0 Å². The number of methoxy groups -OCH3 is 1. The van der Waals surface area contributed by atoms with Gasteiger partial charge in [-0.25, -0.2) is 0 Å². The fourth-order valence-corrected chi connectivity index (χ4v) is 1.33. The Kier molecular flexibility index (Phi) is 3.80. The molecule has 1 rings (SSSR count). The molecule has 14 heavy (non-hydrogen) atoms. The zero-order chi connectivity index (χ0) is 10.6. The lowest BCUT2D eigenvalue weighted by molar-refractivity contribution is 0.0545. The van der Waals surface area contributed by atoms with Crippen LogP contribution in [0.1, 0.15) is 17.3 Å². The molecular formula is C11H15NO2. The van der Waals surface area contributed by atoms with Gasteiger partial charge in [-0.05, 0) is 6.92 Å². The number of ether oxygens (including phenoxy) is 1. The highest BCUT2D eigenvalue weighted by Crippen LogP contribution is 2.07. The minimum absolute atomic E-state index is 0.0666. The summed E-state index contributed by atoms with van der Waals surface area (Å²) in [7, 11) is 1.49. The van der Waals surface area contributed by atoms with Crippen LogP contribution in [-0.2, 0) is 4.74 Å². The first kappa shape index (κ1) is 10.9. The number of nitrogens with two attached hydrogens (primary N) is 1. The van der Waals surface area contributed by atoms with Crippen molar-refractivity contribution >= 4 is 5.78 Å². The molecule has 2 N–H and O–H groups in total. The van der Waals surface area contributed by atoms with E-state index in [1.165, 1.54) is 7.11 Å². The Labute approximate surface area is 83.9 Å². The van der Waals surface area contributed by atoms with E-state index in [2.05, 4.69) is 0 Å². The molecule has 0 spiro atoms. The highest BCUT2D eigenvalue weighted by Gasteiger charge is 2.22. The highest BCUT2D eigenvalue weighted by molar-refractivity contribution is 5.99. The van der Waals surface area contributed by atoms with Crippen molar-refractivity contribution in [2.75, 3.05) is 7.11 Å². The molecule has 0 aliphatic carbocycles. The van der Waals surface area contributed by atoms with Crippen LogP contribution in [0, 0.1) is 0 Å². The Morgan fingerprint density at radius 1 is 1.36 bits per heavy atom. The minimum atomic E-state index is -0.558. The number of rotatable bonds is 4. The summed E-state index contributed by atoms with van der Waals surface area (Å²) in [4.78, 5) is 11.8. The molecule has 0 aliphatic heterocycles. The van der Waals surface area contributed by atoms with Crippen molar-refractivity contribution in [2.24, 2.45) is 5.73 Å². The molecule has 3 nitrogen and oxygen atoms in total. The summed E-state index contributed by atoms with van der Waals surface area (Å²) in [5, 5.41) is 0. The van der Waals surface area contributed by atoms with Crippen molar-refractivity contribution in [3.8, 4) is 0 Å². The quantitative estimate of drug-likeness (QED) is 0.732. The van der Waals surface area contributed by atoms with E-state index in [1.807, 2.05) is 18.2 Å². The summed E-state index contributed by atoms with van der Waals surface area (Å²) in [6.07, 6.45) is -0.558. The van der Waals surface area contributed by atoms with Crippen molar-refractivity contribution < 1.29 is 9.53 Å². The summed E-state index contributed by atoms with van der Waals surface area (Å²) >= 11 is 0. The monoisotopic (exact) mass is 193 g/mol. The van der Waals surface area contributed by atoms with Crippen LogP contribution in [0.5, 0.6) is 0 Å². The summed E-state index contributed by atoms with van der Waals surface area (Å²) in [5.74, 6) is -0.0666. The molecule has 0 fully saturated rings. The molecule has 76 valence electrons. The fraction of sp³-hybridized carbons (Fsp3) is 0.364. The Bertz CT molecular complexity index is 295. The zero-order valence-electron chi connectivity index (χ0n) is 8.44. The van der Waals surface area contributed by atoms with E-state index in [0.717, 1.165) is 0 Å². The maximum absolute atomic E-state index is 11.8. The van der Waals surface area contributed by atoms with Gasteiger partial charge in [-0.15, -0.1) is 0 Å². The summed E-state index contributed by atoms with van der Waals surface area (Å²) in [6, 6.07) is 8.73. The van der Waals surface area contributed by atoms with E-state index in [4.69, 9.17) is 10.5 Å². The molecule has 0 radical (unpaired) electrons. The normalized spacial score (nSPS) is 14.8. The van der Waals surface area contributed by atoms with Crippen molar-refractivity contribution in [1.29, 1.82) is 0 Å². The maximum atomic E-state index is 11.8. The number of Topliss-reactive ketones (excluding diaryl/α,β-unsaturated/α-hetero) is 1. The van der Waals surface area contributed by atoms with Gasteiger partial charge < -0.3 is 10.5 Å². The minimum Gasteiger partial charge on any atom is -0.372 e. The number of carbonyl (C=O) groups is 1. The lowest BCUT2D eigenvalue weighted by Gasteiger charge is -2.17. The number of benzene rings is 1. The van der Waals surface area contributed by atoms with Crippen LogP contribution < -0.4 is 5.73 Å². The number of ketones is 1. The third kappa shape index (κ3) is 2.40. The average molecular weight is 193 g/mol. The van der Waals surface area contributed by atoms with Crippen molar-refractivity contribution in [2.45, 2.75) is 19.1 Å². The van der Waals surface area contributed by atoms with Crippen LogP contribution >= 0.6 is 0 Å². The second kappa shape index (κ2) is 4.88. The predicted octanol–water partition coefficient (Wildman–Crippen LogP) is 1.23. The van der Waals surface area contributed by atoms with Crippen molar-refractivity contribution in [1.82, 2.24) is 0 Å². The molecule has 0 aromatic heterocycles. The Morgan fingerprint density at radius 3 is 2.36 bits per heavy atom. The number of hydrogen-bond acceptors (Lipinski definition) is 3. The van der Waals surface area contributed by atoms with E-state index >= 15 is 0 Å². The highest BCUT2D eigenvalue weighted by atomic mass is 16.5. The topological polar surface area (TPSA) is 52.3 Å². The Hall–Kier alpha value is -1.19. The van der Waals surface area contributed by atoms with Gasteiger partial charge in [-0.1, -0.05) is 30.3 Å². The first-order valence-corrected chi connectivity index (χ1v) is 4.54.